The highest BCUT2D eigenvalue weighted by Gasteiger charge is 2.41. The Morgan fingerprint density at radius 3 is 2.71 bits per heavy atom. The molecule has 0 aromatic heterocycles. The van der Waals surface area contributed by atoms with Gasteiger partial charge in [-0.2, -0.15) is 0 Å². The zero-order chi connectivity index (χ0) is 14.7. The summed E-state index contributed by atoms with van der Waals surface area (Å²) < 4.78 is 0. The van der Waals surface area contributed by atoms with Gasteiger partial charge in [-0.3, -0.25) is 4.79 Å². The molecule has 2 bridgehead atoms. The number of hydrogen-bond acceptors (Lipinski definition) is 2. The summed E-state index contributed by atoms with van der Waals surface area (Å²) in [6.45, 7) is 2.88. The van der Waals surface area contributed by atoms with Crippen LogP contribution in [0.15, 0.2) is 30.3 Å². The number of anilines is 1. The smallest absolute Gasteiger partial charge is 0.221 e. The predicted molar refractivity (Wildman–Crippen MR) is 86.1 cm³/mol. The average Bonchev–Trinajstić information content (AvgIpc) is 3.11. The van der Waals surface area contributed by atoms with Crippen LogP contribution in [-0.2, 0) is 4.79 Å². The molecule has 3 rings (SSSR count). The summed E-state index contributed by atoms with van der Waals surface area (Å²) in [6, 6.07) is 10.4. The minimum absolute atomic E-state index is 0.175. The van der Waals surface area contributed by atoms with Crippen LogP contribution in [0.5, 0.6) is 0 Å². The van der Waals surface area contributed by atoms with Crippen LogP contribution >= 0.6 is 0 Å². The second kappa shape index (κ2) is 6.50. The van der Waals surface area contributed by atoms with E-state index in [0.717, 1.165) is 23.4 Å². The van der Waals surface area contributed by atoms with Crippen molar-refractivity contribution in [1.82, 2.24) is 5.32 Å². The van der Waals surface area contributed by atoms with Gasteiger partial charge >= 0.3 is 0 Å². The first kappa shape index (κ1) is 14.4. The normalized spacial score (nSPS) is 28.3. The van der Waals surface area contributed by atoms with E-state index in [-0.39, 0.29) is 5.91 Å². The summed E-state index contributed by atoms with van der Waals surface area (Å²) in [7, 11) is 0. The molecule has 2 aliphatic carbocycles. The van der Waals surface area contributed by atoms with Crippen LogP contribution in [0.1, 0.15) is 39.0 Å². The third-order valence-corrected chi connectivity index (χ3v) is 5.28. The highest BCUT2D eigenvalue weighted by molar-refractivity contribution is 5.76. The highest BCUT2D eigenvalue weighted by Crippen LogP contribution is 2.49. The number of para-hydroxylation sites is 1. The molecule has 0 aliphatic heterocycles. The van der Waals surface area contributed by atoms with E-state index < -0.39 is 0 Å². The molecule has 4 unspecified atom stereocenters. The molecule has 0 saturated heterocycles. The number of hydrogen-bond donors (Lipinski definition) is 2. The molecule has 2 N–H and O–H groups in total. The topological polar surface area (TPSA) is 41.1 Å². The van der Waals surface area contributed by atoms with E-state index in [4.69, 9.17) is 0 Å². The lowest BCUT2D eigenvalue weighted by Crippen LogP contribution is -2.40. The van der Waals surface area contributed by atoms with Crippen LogP contribution < -0.4 is 10.6 Å². The fourth-order valence-corrected chi connectivity index (χ4v) is 4.22. The molecule has 0 heterocycles. The van der Waals surface area contributed by atoms with E-state index in [1.165, 1.54) is 25.7 Å². The molecule has 114 valence electrons. The average molecular weight is 286 g/mol. The summed E-state index contributed by atoms with van der Waals surface area (Å²) in [5, 5.41) is 6.50. The largest absolute Gasteiger partial charge is 0.385 e. The Kier molecular flexibility index (Phi) is 4.47. The number of rotatable bonds is 6. The van der Waals surface area contributed by atoms with Crippen molar-refractivity contribution < 1.29 is 4.79 Å². The Morgan fingerprint density at radius 2 is 2.05 bits per heavy atom. The van der Waals surface area contributed by atoms with Gasteiger partial charge in [0.2, 0.25) is 5.91 Å². The molecule has 21 heavy (non-hydrogen) atoms. The molecule has 0 spiro atoms. The number of nitrogens with one attached hydrogen (secondary N) is 2. The molecule has 1 aromatic carbocycles. The fourth-order valence-electron chi connectivity index (χ4n) is 4.22. The summed E-state index contributed by atoms with van der Waals surface area (Å²) in [4.78, 5) is 12.1. The molecule has 4 atom stereocenters. The summed E-state index contributed by atoms with van der Waals surface area (Å²) in [5.74, 6) is 2.70. The van der Waals surface area contributed by atoms with E-state index in [9.17, 15) is 4.79 Å². The van der Waals surface area contributed by atoms with E-state index in [0.29, 0.717) is 19.0 Å². The monoisotopic (exact) mass is 286 g/mol. The van der Waals surface area contributed by atoms with Crippen molar-refractivity contribution in [3.63, 3.8) is 0 Å². The van der Waals surface area contributed by atoms with Gasteiger partial charge in [-0.1, -0.05) is 24.6 Å². The molecule has 2 aliphatic rings. The van der Waals surface area contributed by atoms with Gasteiger partial charge in [-0.25, -0.2) is 0 Å². The second-order valence-corrected chi connectivity index (χ2v) is 6.74. The third-order valence-electron chi connectivity index (χ3n) is 5.28. The molecule has 1 aromatic rings. The first-order chi connectivity index (χ1) is 10.2. The molecule has 3 nitrogen and oxygen atoms in total. The molecular weight excluding hydrogens is 260 g/mol. The number of amides is 1. The van der Waals surface area contributed by atoms with Crippen LogP contribution in [0.4, 0.5) is 5.69 Å². The summed E-state index contributed by atoms with van der Waals surface area (Å²) >= 11 is 0. The third kappa shape index (κ3) is 3.58. The predicted octanol–water partition coefficient (Wildman–Crippen LogP) is 3.43. The Balaban J connectivity index is 1.38. The van der Waals surface area contributed by atoms with Crippen molar-refractivity contribution in [3.8, 4) is 0 Å². The SMILES string of the molecule is CC(NC(=O)CCNc1ccccc1)C1CC2CCC1C2. The Labute approximate surface area is 127 Å². The lowest BCUT2D eigenvalue weighted by atomic mass is 9.84. The number of carbonyl (C=O) groups is 1. The van der Waals surface area contributed by atoms with Gasteiger partial charge < -0.3 is 10.6 Å². The molecule has 3 heteroatoms. The molecule has 2 fully saturated rings. The molecule has 1 amide bonds. The van der Waals surface area contributed by atoms with Gasteiger partial charge in [-0.05, 0) is 56.1 Å². The van der Waals surface area contributed by atoms with Crippen molar-refractivity contribution in [1.29, 1.82) is 0 Å². The number of fused-ring (bicyclic) bond motifs is 2. The van der Waals surface area contributed by atoms with E-state index >= 15 is 0 Å². The van der Waals surface area contributed by atoms with Crippen molar-refractivity contribution in [2.45, 2.75) is 45.1 Å². The van der Waals surface area contributed by atoms with Crippen molar-refractivity contribution >= 4 is 11.6 Å². The van der Waals surface area contributed by atoms with Gasteiger partial charge in [0.05, 0.1) is 0 Å². The Hall–Kier alpha value is -1.51. The first-order valence-corrected chi connectivity index (χ1v) is 8.30. The van der Waals surface area contributed by atoms with Gasteiger partial charge in [0.1, 0.15) is 0 Å². The summed E-state index contributed by atoms with van der Waals surface area (Å²) in [6.07, 6.45) is 6.07. The minimum atomic E-state index is 0.175. The second-order valence-electron chi connectivity index (χ2n) is 6.74. The van der Waals surface area contributed by atoms with Gasteiger partial charge in [0, 0.05) is 24.7 Å². The maximum Gasteiger partial charge on any atom is 0.221 e. The number of carbonyl (C=O) groups excluding carboxylic acids is 1. The van der Waals surface area contributed by atoms with Crippen molar-refractivity contribution in [2.24, 2.45) is 17.8 Å². The zero-order valence-corrected chi connectivity index (χ0v) is 12.8. The highest BCUT2D eigenvalue weighted by atomic mass is 16.1. The van der Waals surface area contributed by atoms with E-state index in [2.05, 4.69) is 17.6 Å². The molecular formula is C18H26N2O. The van der Waals surface area contributed by atoms with Crippen molar-refractivity contribution in [3.05, 3.63) is 30.3 Å². The maximum absolute atomic E-state index is 12.1. The van der Waals surface area contributed by atoms with Crippen molar-refractivity contribution in [2.75, 3.05) is 11.9 Å². The van der Waals surface area contributed by atoms with E-state index in [1.807, 2.05) is 30.3 Å². The van der Waals surface area contributed by atoms with Crippen LogP contribution in [0, 0.1) is 17.8 Å². The fraction of sp³-hybridized carbons (Fsp3) is 0.611. The Bertz CT molecular complexity index is 473. The quantitative estimate of drug-likeness (QED) is 0.841. The van der Waals surface area contributed by atoms with Crippen LogP contribution in [0.3, 0.4) is 0 Å². The van der Waals surface area contributed by atoms with E-state index in [1.54, 1.807) is 0 Å². The minimum Gasteiger partial charge on any atom is -0.385 e. The van der Waals surface area contributed by atoms with Crippen LogP contribution in [0.25, 0.3) is 0 Å². The standard InChI is InChI=1S/C18H26N2O/c1-13(17-12-14-7-8-15(17)11-14)20-18(21)9-10-19-16-5-3-2-4-6-16/h2-6,13-15,17,19H,7-12H2,1H3,(H,20,21). The molecule has 0 radical (unpaired) electrons. The first-order valence-electron chi connectivity index (χ1n) is 8.30. The van der Waals surface area contributed by atoms with Crippen LogP contribution in [-0.4, -0.2) is 18.5 Å². The Morgan fingerprint density at radius 1 is 1.24 bits per heavy atom. The van der Waals surface area contributed by atoms with Gasteiger partial charge in [-0.15, -0.1) is 0 Å². The van der Waals surface area contributed by atoms with Crippen LogP contribution in [0.2, 0.25) is 0 Å². The van der Waals surface area contributed by atoms with Gasteiger partial charge in [0.25, 0.3) is 0 Å². The number of benzene rings is 1. The van der Waals surface area contributed by atoms with Gasteiger partial charge in [0.15, 0.2) is 0 Å². The lowest BCUT2D eigenvalue weighted by Gasteiger charge is -2.28. The lowest BCUT2D eigenvalue weighted by molar-refractivity contribution is -0.121. The maximum atomic E-state index is 12.1. The summed E-state index contributed by atoms with van der Waals surface area (Å²) in [5.41, 5.74) is 1.08. The molecule has 2 saturated carbocycles. The zero-order valence-electron chi connectivity index (χ0n) is 12.8.